The summed E-state index contributed by atoms with van der Waals surface area (Å²) in [5, 5.41) is 8.62. The highest BCUT2D eigenvalue weighted by atomic mass is 35.6. The van der Waals surface area contributed by atoms with E-state index in [0.717, 1.165) is 19.3 Å². The van der Waals surface area contributed by atoms with Crippen LogP contribution in [-0.4, -0.2) is 28.1 Å². The van der Waals surface area contributed by atoms with Gasteiger partial charge in [0, 0.05) is 6.42 Å². The van der Waals surface area contributed by atoms with Gasteiger partial charge in [-0.2, -0.15) is 0 Å². The van der Waals surface area contributed by atoms with E-state index in [0.29, 0.717) is 17.9 Å². The van der Waals surface area contributed by atoms with Crippen LogP contribution < -0.4 is 20.7 Å². The van der Waals surface area contributed by atoms with E-state index >= 15 is 0 Å². The molecule has 0 radical (unpaired) electrons. The van der Waals surface area contributed by atoms with Crippen molar-refractivity contribution >= 4 is 63.7 Å². The summed E-state index contributed by atoms with van der Waals surface area (Å²) in [5.74, 6) is 0.401. The summed E-state index contributed by atoms with van der Waals surface area (Å²) in [6.45, 7) is 2.06. The molecule has 0 bridgehead atoms. The minimum absolute atomic E-state index is 0.190. The van der Waals surface area contributed by atoms with E-state index in [1.807, 2.05) is 12.1 Å². The van der Waals surface area contributed by atoms with E-state index in [4.69, 9.17) is 51.8 Å². The van der Waals surface area contributed by atoms with Crippen molar-refractivity contribution in [1.29, 1.82) is 0 Å². The Kier molecular flexibility index (Phi) is 9.64. The van der Waals surface area contributed by atoms with Crippen LogP contribution in [0.4, 0.5) is 5.69 Å². The highest BCUT2D eigenvalue weighted by Gasteiger charge is 2.34. The second-order valence-corrected chi connectivity index (χ2v) is 8.08. The lowest BCUT2D eigenvalue weighted by Gasteiger charge is -2.28. The maximum atomic E-state index is 12.0. The predicted molar refractivity (Wildman–Crippen MR) is 109 cm³/mol. The molecule has 1 rings (SSSR count). The zero-order valence-corrected chi connectivity index (χ0v) is 17.2. The lowest BCUT2D eigenvalue weighted by molar-refractivity contribution is -0.122. The molecule has 0 aliphatic rings. The third-order valence-corrected chi connectivity index (χ3v) is 4.15. The van der Waals surface area contributed by atoms with Crippen LogP contribution in [-0.2, 0) is 4.79 Å². The van der Waals surface area contributed by atoms with Gasteiger partial charge in [0.15, 0.2) is 5.11 Å². The number of hydrogen-bond donors (Lipinski definition) is 3. The summed E-state index contributed by atoms with van der Waals surface area (Å²) in [5.41, 5.74) is 0.653. The zero-order chi connectivity index (χ0) is 18.9. The summed E-state index contributed by atoms with van der Waals surface area (Å²) in [6, 6.07) is 7.24. The number of alkyl halides is 3. The van der Waals surface area contributed by atoms with Crippen molar-refractivity contribution in [3.8, 4) is 5.75 Å². The fourth-order valence-corrected chi connectivity index (χ4v) is 2.56. The first-order valence-corrected chi connectivity index (χ1v) is 9.38. The number of hydrogen-bond acceptors (Lipinski definition) is 3. The number of halogens is 3. The second kappa shape index (κ2) is 10.9. The van der Waals surface area contributed by atoms with Gasteiger partial charge in [0.05, 0.1) is 12.8 Å². The van der Waals surface area contributed by atoms with E-state index in [1.165, 1.54) is 0 Å². The van der Waals surface area contributed by atoms with E-state index in [2.05, 4.69) is 22.9 Å². The molecule has 1 aromatic carbocycles. The Balaban J connectivity index is 2.68. The van der Waals surface area contributed by atoms with Gasteiger partial charge >= 0.3 is 0 Å². The minimum atomic E-state index is -1.77. The van der Waals surface area contributed by atoms with Gasteiger partial charge < -0.3 is 20.7 Å². The van der Waals surface area contributed by atoms with Gasteiger partial charge in [-0.25, -0.2) is 0 Å². The van der Waals surface area contributed by atoms with Crippen LogP contribution in [0.2, 0.25) is 0 Å². The van der Waals surface area contributed by atoms with Gasteiger partial charge in [-0.1, -0.05) is 66.7 Å². The first kappa shape index (κ1) is 22.1. The fourth-order valence-electron chi connectivity index (χ4n) is 2.01. The molecule has 0 fully saturated rings. The molecule has 0 saturated heterocycles. The van der Waals surface area contributed by atoms with Crippen LogP contribution in [0.5, 0.6) is 5.75 Å². The number of ether oxygens (including phenoxy) is 1. The monoisotopic (exact) mass is 425 g/mol. The molecule has 0 aliphatic heterocycles. The van der Waals surface area contributed by atoms with Crippen LogP contribution in [0.25, 0.3) is 0 Å². The molecule has 1 amide bonds. The number of amides is 1. The summed E-state index contributed by atoms with van der Waals surface area (Å²) in [6.07, 6.45) is 2.15. The molecule has 0 unspecified atom stereocenters. The molecule has 0 heterocycles. The molecular formula is C16H22Cl3N3O2S. The smallest absolute Gasteiger partial charge is 0.228 e. The lowest BCUT2D eigenvalue weighted by atomic mass is 10.2. The Morgan fingerprint density at radius 3 is 2.52 bits per heavy atom. The Labute approximate surface area is 168 Å². The van der Waals surface area contributed by atoms with E-state index in [9.17, 15) is 4.79 Å². The highest BCUT2D eigenvalue weighted by Crippen LogP contribution is 2.29. The molecule has 0 aliphatic carbocycles. The molecule has 9 heteroatoms. The zero-order valence-electron chi connectivity index (χ0n) is 14.1. The quantitative estimate of drug-likeness (QED) is 0.249. The second-order valence-electron chi connectivity index (χ2n) is 5.30. The third kappa shape index (κ3) is 8.31. The maximum absolute atomic E-state index is 12.0. The average Bonchev–Trinajstić information content (AvgIpc) is 2.54. The topological polar surface area (TPSA) is 62.4 Å². The Bertz CT molecular complexity index is 582. The van der Waals surface area contributed by atoms with Crippen molar-refractivity contribution in [3.05, 3.63) is 24.3 Å². The molecule has 0 aromatic heterocycles. The van der Waals surface area contributed by atoms with Crippen LogP contribution in [0.15, 0.2) is 24.3 Å². The summed E-state index contributed by atoms with van der Waals surface area (Å²) in [7, 11) is 1.55. The summed E-state index contributed by atoms with van der Waals surface area (Å²) < 4.78 is 3.47. The van der Waals surface area contributed by atoms with Crippen LogP contribution in [0, 0.1) is 0 Å². The minimum Gasteiger partial charge on any atom is -0.495 e. The van der Waals surface area contributed by atoms with Gasteiger partial charge in [-0.15, -0.1) is 0 Å². The van der Waals surface area contributed by atoms with Crippen LogP contribution >= 0.6 is 47.0 Å². The standard InChI is InChI=1S/C16H22Cl3N3O2S/c1-3-4-5-10-13(23)21-14(16(17,18)19)22-15(25)20-11-8-6-7-9-12(11)24-2/h6-9,14H,3-5,10H2,1-2H3,(H,21,23)(H2,20,22,25)/t14-/m1/s1. The van der Waals surface area contributed by atoms with Gasteiger partial charge in [-0.05, 0) is 30.8 Å². The van der Waals surface area contributed by atoms with Crippen molar-refractivity contribution in [1.82, 2.24) is 10.6 Å². The van der Waals surface area contributed by atoms with Crippen LogP contribution in [0.1, 0.15) is 32.6 Å². The Hall–Kier alpha value is -0.950. The van der Waals surface area contributed by atoms with Crippen molar-refractivity contribution in [2.24, 2.45) is 0 Å². The van der Waals surface area contributed by atoms with Crippen molar-refractivity contribution in [3.63, 3.8) is 0 Å². The largest absolute Gasteiger partial charge is 0.495 e. The lowest BCUT2D eigenvalue weighted by Crippen LogP contribution is -2.56. The van der Waals surface area contributed by atoms with Crippen molar-refractivity contribution in [2.75, 3.05) is 12.4 Å². The number of para-hydroxylation sites is 2. The Morgan fingerprint density at radius 1 is 1.24 bits per heavy atom. The normalized spacial score (nSPS) is 12.2. The number of nitrogens with one attached hydrogen (secondary N) is 3. The number of methoxy groups -OCH3 is 1. The number of unbranched alkanes of at least 4 members (excludes halogenated alkanes) is 2. The number of carbonyl (C=O) groups is 1. The fraction of sp³-hybridized carbons (Fsp3) is 0.500. The highest BCUT2D eigenvalue weighted by molar-refractivity contribution is 7.80. The van der Waals surface area contributed by atoms with E-state index < -0.39 is 9.96 Å². The predicted octanol–water partition coefficient (Wildman–Crippen LogP) is 4.37. The first-order valence-electron chi connectivity index (χ1n) is 7.84. The van der Waals surface area contributed by atoms with E-state index in [-0.39, 0.29) is 11.0 Å². The number of carbonyl (C=O) groups excluding carboxylic acids is 1. The molecule has 25 heavy (non-hydrogen) atoms. The third-order valence-electron chi connectivity index (χ3n) is 3.27. The van der Waals surface area contributed by atoms with E-state index in [1.54, 1.807) is 19.2 Å². The van der Waals surface area contributed by atoms with Gasteiger partial charge in [-0.3, -0.25) is 4.79 Å². The van der Waals surface area contributed by atoms with Crippen molar-refractivity contribution in [2.45, 2.75) is 42.6 Å². The number of rotatable bonds is 8. The molecule has 0 spiro atoms. The maximum Gasteiger partial charge on any atom is 0.228 e. The molecular weight excluding hydrogens is 405 g/mol. The van der Waals surface area contributed by atoms with Crippen molar-refractivity contribution < 1.29 is 9.53 Å². The van der Waals surface area contributed by atoms with Gasteiger partial charge in [0.2, 0.25) is 9.70 Å². The Morgan fingerprint density at radius 2 is 1.92 bits per heavy atom. The summed E-state index contributed by atoms with van der Waals surface area (Å²) in [4.78, 5) is 12.0. The van der Waals surface area contributed by atoms with Crippen LogP contribution in [0.3, 0.4) is 0 Å². The molecule has 1 aromatic rings. The van der Waals surface area contributed by atoms with Gasteiger partial charge in [0.1, 0.15) is 11.9 Å². The number of anilines is 1. The number of benzene rings is 1. The SMILES string of the molecule is CCCCCC(=O)N[C@H](NC(=S)Nc1ccccc1OC)C(Cl)(Cl)Cl. The first-order chi connectivity index (χ1) is 11.8. The summed E-state index contributed by atoms with van der Waals surface area (Å²) >= 11 is 23.1. The molecule has 3 N–H and O–H groups in total. The number of thiocarbonyl (C=S) groups is 1. The average molecular weight is 427 g/mol. The molecule has 0 saturated carbocycles. The molecule has 5 nitrogen and oxygen atoms in total. The molecule has 140 valence electrons. The van der Waals surface area contributed by atoms with Gasteiger partial charge in [0.25, 0.3) is 0 Å². The molecule has 1 atom stereocenters.